The highest BCUT2D eigenvalue weighted by molar-refractivity contribution is 7.16. The molecule has 0 aliphatic carbocycles. The summed E-state index contributed by atoms with van der Waals surface area (Å²) in [7, 11) is 0. The van der Waals surface area contributed by atoms with Gasteiger partial charge in [0.1, 0.15) is 5.00 Å². The third-order valence-electron chi connectivity index (χ3n) is 4.86. The summed E-state index contributed by atoms with van der Waals surface area (Å²) in [5, 5.41) is 4.54. The summed E-state index contributed by atoms with van der Waals surface area (Å²) >= 11 is 9.22. The molecule has 8 heteroatoms. The van der Waals surface area contributed by atoms with E-state index in [9.17, 15) is 9.59 Å². The molecule has 0 unspecified atom stereocenters. The Labute approximate surface area is 199 Å². The van der Waals surface area contributed by atoms with E-state index in [1.165, 1.54) is 16.2 Å². The summed E-state index contributed by atoms with van der Waals surface area (Å²) < 4.78 is 5.14. The molecule has 0 fully saturated rings. The fourth-order valence-corrected chi connectivity index (χ4v) is 5.33. The van der Waals surface area contributed by atoms with Crippen LogP contribution in [0.3, 0.4) is 0 Å². The number of halogens is 1. The quantitative estimate of drug-likeness (QED) is 0.300. The fourth-order valence-electron chi connectivity index (χ4n) is 3.36. The number of anilines is 1. The molecular formula is C24H21ClN2O3S2. The molecule has 1 aromatic carbocycles. The van der Waals surface area contributed by atoms with Crippen molar-refractivity contribution < 1.29 is 14.3 Å². The third kappa shape index (κ3) is 4.55. The molecule has 3 heterocycles. The summed E-state index contributed by atoms with van der Waals surface area (Å²) in [6.45, 7) is 6.00. The van der Waals surface area contributed by atoms with Crippen LogP contribution in [0.15, 0.2) is 42.5 Å². The maximum atomic E-state index is 13.4. The maximum absolute atomic E-state index is 13.4. The van der Waals surface area contributed by atoms with E-state index in [2.05, 4.69) is 18.3 Å². The van der Waals surface area contributed by atoms with Crippen molar-refractivity contribution >= 4 is 62.1 Å². The van der Waals surface area contributed by atoms with Gasteiger partial charge in [-0.2, -0.15) is 0 Å². The molecule has 0 radical (unpaired) electrons. The zero-order valence-corrected chi connectivity index (χ0v) is 20.2. The number of ether oxygens (including phenoxy) is 1. The Morgan fingerprint density at radius 3 is 2.59 bits per heavy atom. The van der Waals surface area contributed by atoms with E-state index in [1.54, 1.807) is 42.5 Å². The van der Waals surface area contributed by atoms with Crippen LogP contribution >= 0.6 is 34.3 Å². The Hall–Kier alpha value is -2.74. The van der Waals surface area contributed by atoms with Crippen molar-refractivity contribution in [3.8, 4) is 10.6 Å². The first-order valence-corrected chi connectivity index (χ1v) is 12.2. The molecule has 3 aromatic heterocycles. The Morgan fingerprint density at radius 1 is 1.06 bits per heavy atom. The second-order valence-corrected chi connectivity index (χ2v) is 9.97. The van der Waals surface area contributed by atoms with Gasteiger partial charge in [0.2, 0.25) is 0 Å². The van der Waals surface area contributed by atoms with Crippen molar-refractivity contribution in [1.82, 2.24) is 4.98 Å². The molecule has 1 N–H and O–H groups in total. The van der Waals surface area contributed by atoms with Gasteiger partial charge in [-0.1, -0.05) is 18.5 Å². The van der Waals surface area contributed by atoms with Gasteiger partial charge >= 0.3 is 5.97 Å². The summed E-state index contributed by atoms with van der Waals surface area (Å²) in [4.78, 5) is 33.6. The SMILES string of the molecule is CCOC(=O)c1cc(C)sc1NC(=O)c1cc(-c2ccc(CC)s2)nc2ccc(Cl)cc12. The molecule has 0 aliphatic heterocycles. The second kappa shape index (κ2) is 9.40. The molecule has 4 rings (SSSR count). The first-order chi connectivity index (χ1) is 15.4. The minimum absolute atomic E-state index is 0.262. The number of hydrogen-bond acceptors (Lipinski definition) is 6. The lowest BCUT2D eigenvalue weighted by molar-refractivity contribution is 0.0528. The maximum Gasteiger partial charge on any atom is 0.341 e. The van der Waals surface area contributed by atoms with Gasteiger partial charge in [0, 0.05) is 20.2 Å². The number of aryl methyl sites for hydroxylation is 2. The molecular weight excluding hydrogens is 464 g/mol. The number of nitrogens with one attached hydrogen (secondary N) is 1. The Kier molecular flexibility index (Phi) is 6.60. The molecule has 0 saturated carbocycles. The third-order valence-corrected chi connectivity index (χ3v) is 7.31. The Morgan fingerprint density at radius 2 is 1.88 bits per heavy atom. The van der Waals surface area contributed by atoms with Gasteiger partial charge in [0.15, 0.2) is 0 Å². The lowest BCUT2D eigenvalue weighted by atomic mass is 10.1. The Balaban J connectivity index is 1.78. The normalized spacial score (nSPS) is 11.0. The summed E-state index contributed by atoms with van der Waals surface area (Å²) in [6, 6.07) is 12.9. The second-order valence-electron chi connectivity index (χ2n) is 7.11. The number of carbonyl (C=O) groups excluding carboxylic acids is 2. The molecule has 1 amide bonds. The molecule has 0 saturated heterocycles. The Bertz CT molecular complexity index is 1330. The number of benzene rings is 1. The van der Waals surface area contributed by atoms with Crippen molar-refractivity contribution in [2.24, 2.45) is 0 Å². The monoisotopic (exact) mass is 484 g/mol. The van der Waals surface area contributed by atoms with Crippen LogP contribution < -0.4 is 5.32 Å². The zero-order valence-electron chi connectivity index (χ0n) is 17.8. The van der Waals surface area contributed by atoms with Gasteiger partial charge in [0.25, 0.3) is 5.91 Å². The number of pyridine rings is 1. The van der Waals surface area contributed by atoms with Crippen molar-refractivity contribution in [3.63, 3.8) is 0 Å². The number of thiophene rings is 2. The molecule has 0 aliphatic rings. The van der Waals surface area contributed by atoms with Crippen LogP contribution in [-0.2, 0) is 11.2 Å². The van der Waals surface area contributed by atoms with Crippen LogP contribution in [0.25, 0.3) is 21.5 Å². The highest BCUT2D eigenvalue weighted by Gasteiger charge is 2.21. The minimum Gasteiger partial charge on any atom is -0.462 e. The number of carbonyl (C=O) groups is 2. The first-order valence-electron chi connectivity index (χ1n) is 10.2. The van der Waals surface area contributed by atoms with E-state index in [0.29, 0.717) is 32.1 Å². The van der Waals surface area contributed by atoms with Crippen molar-refractivity contribution in [3.05, 3.63) is 68.4 Å². The smallest absolute Gasteiger partial charge is 0.341 e. The number of hydrogen-bond donors (Lipinski definition) is 1. The van der Waals surface area contributed by atoms with Gasteiger partial charge in [-0.25, -0.2) is 9.78 Å². The highest BCUT2D eigenvalue weighted by Crippen LogP contribution is 2.33. The van der Waals surface area contributed by atoms with E-state index in [0.717, 1.165) is 21.9 Å². The number of fused-ring (bicyclic) bond motifs is 1. The predicted molar refractivity (Wildman–Crippen MR) is 132 cm³/mol. The van der Waals surface area contributed by atoms with E-state index in [1.807, 2.05) is 19.1 Å². The molecule has 164 valence electrons. The molecule has 5 nitrogen and oxygen atoms in total. The number of aromatic nitrogens is 1. The zero-order chi connectivity index (χ0) is 22.8. The van der Waals surface area contributed by atoms with Gasteiger partial charge in [0.05, 0.1) is 33.8 Å². The predicted octanol–water partition coefficient (Wildman–Crippen LogP) is 6.98. The molecule has 32 heavy (non-hydrogen) atoms. The van der Waals surface area contributed by atoms with Gasteiger partial charge in [-0.15, -0.1) is 22.7 Å². The number of amides is 1. The summed E-state index contributed by atoms with van der Waals surface area (Å²) in [5.74, 6) is -0.790. The number of rotatable bonds is 6. The minimum atomic E-state index is -0.457. The van der Waals surface area contributed by atoms with E-state index < -0.39 is 5.97 Å². The van der Waals surface area contributed by atoms with Crippen LogP contribution in [0, 0.1) is 6.92 Å². The van der Waals surface area contributed by atoms with Crippen LogP contribution in [0.4, 0.5) is 5.00 Å². The van der Waals surface area contributed by atoms with Crippen LogP contribution in [0.1, 0.15) is 44.3 Å². The number of esters is 1. The molecule has 0 spiro atoms. The van der Waals surface area contributed by atoms with Crippen LogP contribution in [0.2, 0.25) is 5.02 Å². The van der Waals surface area contributed by atoms with E-state index >= 15 is 0 Å². The molecule has 0 bridgehead atoms. The summed E-state index contributed by atoms with van der Waals surface area (Å²) in [6.07, 6.45) is 0.940. The average Bonchev–Trinajstić information content (AvgIpc) is 3.39. The van der Waals surface area contributed by atoms with E-state index in [-0.39, 0.29) is 12.5 Å². The van der Waals surface area contributed by atoms with Crippen LogP contribution in [0.5, 0.6) is 0 Å². The van der Waals surface area contributed by atoms with E-state index in [4.69, 9.17) is 21.3 Å². The van der Waals surface area contributed by atoms with Crippen molar-refractivity contribution in [2.45, 2.75) is 27.2 Å². The lowest BCUT2D eigenvalue weighted by Crippen LogP contribution is -2.15. The lowest BCUT2D eigenvalue weighted by Gasteiger charge is -2.11. The first kappa shape index (κ1) is 22.5. The van der Waals surface area contributed by atoms with Gasteiger partial charge in [-0.3, -0.25) is 4.79 Å². The van der Waals surface area contributed by atoms with Gasteiger partial charge in [-0.05, 0) is 62.7 Å². The fraction of sp³-hybridized carbons (Fsp3) is 0.208. The summed E-state index contributed by atoms with van der Waals surface area (Å²) in [5.41, 5.74) is 2.20. The largest absolute Gasteiger partial charge is 0.462 e. The van der Waals surface area contributed by atoms with Crippen molar-refractivity contribution in [2.75, 3.05) is 11.9 Å². The average molecular weight is 485 g/mol. The highest BCUT2D eigenvalue weighted by atomic mass is 35.5. The topological polar surface area (TPSA) is 68.3 Å². The van der Waals surface area contributed by atoms with Crippen molar-refractivity contribution in [1.29, 1.82) is 0 Å². The number of nitrogens with zero attached hydrogens (tertiary/aromatic N) is 1. The van der Waals surface area contributed by atoms with Gasteiger partial charge < -0.3 is 10.1 Å². The molecule has 4 aromatic rings. The van der Waals surface area contributed by atoms with Crippen LogP contribution in [-0.4, -0.2) is 23.5 Å². The standard InChI is InChI=1S/C24H21ClN2O3S2/c1-4-15-7-9-21(32-15)20-12-17(16-11-14(25)6-8-19(16)26-20)22(28)27-23-18(10-13(3)31-23)24(29)30-5-2/h6-12H,4-5H2,1-3H3,(H,27,28). The molecule has 0 atom stereocenters.